The second-order valence-electron chi connectivity index (χ2n) is 5.22. The molecule has 0 aliphatic carbocycles. The van der Waals surface area contributed by atoms with E-state index < -0.39 is 5.97 Å². The van der Waals surface area contributed by atoms with Gasteiger partial charge in [0.25, 0.3) is 0 Å². The molecule has 2 N–H and O–H groups in total. The van der Waals surface area contributed by atoms with E-state index in [9.17, 15) is 4.79 Å². The van der Waals surface area contributed by atoms with Crippen molar-refractivity contribution >= 4 is 5.97 Å². The number of rotatable bonds is 7. The highest BCUT2D eigenvalue weighted by molar-refractivity contribution is 5.69. The fraction of sp³-hybridized carbons (Fsp3) is 0.278. The molecule has 0 radical (unpaired) electrons. The third-order valence-corrected chi connectivity index (χ3v) is 3.35. The van der Waals surface area contributed by atoms with E-state index in [2.05, 4.69) is 0 Å². The molecule has 0 fully saturated rings. The Bertz CT molecular complexity index is 653. The third kappa shape index (κ3) is 4.47. The second kappa shape index (κ2) is 7.65. The number of carbonyl (C=O) groups is 1. The van der Waals surface area contributed by atoms with Gasteiger partial charge in [0.2, 0.25) is 0 Å². The molecule has 0 amide bonds. The van der Waals surface area contributed by atoms with E-state index in [1.165, 1.54) is 0 Å². The normalized spacial score (nSPS) is 10.4. The highest BCUT2D eigenvalue weighted by Crippen LogP contribution is 2.31. The molecule has 0 saturated carbocycles. The van der Waals surface area contributed by atoms with Gasteiger partial charge in [-0.3, -0.25) is 0 Å². The molecule has 0 bridgehead atoms. The van der Waals surface area contributed by atoms with Crippen molar-refractivity contribution in [1.29, 1.82) is 0 Å². The monoisotopic (exact) mass is 316 g/mol. The van der Waals surface area contributed by atoms with Crippen LogP contribution in [0, 0.1) is 13.8 Å². The Morgan fingerprint density at radius 2 is 1.61 bits per heavy atom. The molecule has 23 heavy (non-hydrogen) atoms. The van der Waals surface area contributed by atoms with E-state index >= 15 is 0 Å². The molecule has 5 heteroatoms. The zero-order valence-electron chi connectivity index (χ0n) is 13.2. The number of carboxylic acids is 1. The number of hydrogen-bond donors (Lipinski definition) is 2. The van der Waals surface area contributed by atoms with E-state index in [0.717, 1.165) is 28.0 Å². The van der Waals surface area contributed by atoms with Gasteiger partial charge in [-0.1, -0.05) is 12.1 Å². The van der Waals surface area contributed by atoms with Crippen molar-refractivity contribution in [3.63, 3.8) is 0 Å². The van der Waals surface area contributed by atoms with Gasteiger partial charge in [-0.25, -0.2) is 4.79 Å². The molecule has 2 rings (SSSR count). The summed E-state index contributed by atoms with van der Waals surface area (Å²) in [7, 11) is 0. The fourth-order valence-electron chi connectivity index (χ4n) is 2.38. The molecule has 0 aliphatic rings. The summed E-state index contributed by atoms with van der Waals surface area (Å²) in [5.74, 6) is 0.315. The summed E-state index contributed by atoms with van der Waals surface area (Å²) in [5, 5.41) is 17.5. The van der Waals surface area contributed by atoms with Crippen molar-refractivity contribution in [1.82, 2.24) is 0 Å². The van der Waals surface area contributed by atoms with Crippen molar-refractivity contribution in [3.05, 3.63) is 47.5 Å². The Morgan fingerprint density at radius 3 is 2.13 bits per heavy atom. The summed E-state index contributed by atoms with van der Waals surface area (Å²) in [5.41, 5.74) is 4.05. The van der Waals surface area contributed by atoms with E-state index in [0.29, 0.717) is 5.75 Å². The van der Waals surface area contributed by atoms with Crippen LogP contribution < -0.4 is 9.47 Å². The topological polar surface area (TPSA) is 76.0 Å². The van der Waals surface area contributed by atoms with Crippen LogP contribution in [0.15, 0.2) is 36.4 Å². The molecule has 0 spiro atoms. The minimum atomic E-state index is -1.00. The molecule has 0 atom stereocenters. The predicted octanol–water partition coefficient (Wildman–Crippen LogP) is 2.80. The van der Waals surface area contributed by atoms with Gasteiger partial charge in [0, 0.05) is 0 Å². The van der Waals surface area contributed by atoms with Crippen molar-refractivity contribution in [2.45, 2.75) is 13.8 Å². The molecule has 2 aromatic rings. The standard InChI is InChI=1S/C18H20O5/c1-12-9-15(10-13(2)18(12)22-8-7-19)14-3-5-16(6-4-14)23-11-17(20)21/h3-6,9-10,19H,7-8,11H2,1-2H3,(H,20,21). The molecule has 0 aromatic heterocycles. The Labute approximate surface area is 135 Å². The SMILES string of the molecule is Cc1cc(-c2ccc(OCC(=O)O)cc2)cc(C)c1OCCO. The summed E-state index contributed by atoms with van der Waals surface area (Å²) >= 11 is 0. The van der Waals surface area contributed by atoms with Crippen molar-refractivity contribution in [3.8, 4) is 22.6 Å². The first kappa shape index (κ1) is 16.8. The van der Waals surface area contributed by atoms with Gasteiger partial charge >= 0.3 is 5.97 Å². The molecule has 2 aromatic carbocycles. The van der Waals surface area contributed by atoms with Gasteiger partial charge < -0.3 is 19.7 Å². The molecule has 0 heterocycles. The Balaban J connectivity index is 2.20. The largest absolute Gasteiger partial charge is 0.491 e. The van der Waals surface area contributed by atoms with E-state index in [-0.39, 0.29) is 19.8 Å². The Hall–Kier alpha value is -2.53. The first-order valence-electron chi connectivity index (χ1n) is 7.31. The highest BCUT2D eigenvalue weighted by Gasteiger charge is 2.08. The number of aliphatic hydroxyl groups excluding tert-OH is 1. The number of ether oxygens (including phenoxy) is 2. The minimum absolute atomic E-state index is 0.0154. The Morgan fingerprint density at radius 1 is 1.00 bits per heavy atom. The lowest BCUT2D eigenvalue weighted by atomic mass is 9.99. The van der Waals surface area contributed by atoms with Crippen LogP contribution in [-0.4, -0.2) is 36.0 Å². The van der Waals surface area contributed by atoms with E-state index in [1.807, 2.05) is 38.1 Å². The number of carboxylic acid groups (broad SMARTS) is 1. The molecular weight excluding hydrogens is 296 g/mol. The molecular formula is C18H20O5. The molecule has 122 valence electrons. The quantitative estimate of drug-likeness (QED) is 0.821. The zero-order valence-corrected chi connectivity index (χ0v) is 13.2. The van der Waals surface area contributed by atoms with Crippen LogP contribution in [0.4, 0.5) is 0 Å². The fourth-order valence-corrected chi connectivity index (χ4v) is 2.38. The van der Waals surface area contributed by atoms with Gasteiger partial charge in [0.05, 0.1) is 6.61 Å². The van der Waals surface area contributed by atoms with E-state index in [4.69, 9.17) is 19.7 Å². The average Bonchev–Trinajstić information content (AvgIpc) is 2.52. The minimum Gasteiger partial charge on any atom is -0.491 e. The van der Waals surface area contributed by atoms with Crippen molar-refractivity contribution < 1.29 is 24.5 Å². The summed E-state index contributed by atoms with van der Waals surface area (Å²) in [6, 6.07) is 11.3. The predicted molar refractivity (Wildman–Crippen MR) is 87.1 cm³/mol. The van der Waals surface area contributed by atoms with Crippen LogP contribution in [0.1, 0.15) is 11.1 Å². The highest BCUT2D eigenvalue weighted by atomic mass is 16.5. The molecule has 0 unspecified atom stereocenters. The molecule has 5 nitrogen and oxygen atoms in total. The summed E-state index contributed by atoms with van der Waals surface area (Å²) < 4.78 is 10.7. The Kier molecular flexibility index (Phi) is 5.60. The van der Waals surface area contributed by atoms with Crippen LogP contribution in [0.3, 0.4) is 0 Å². The maximum absolute atomic E-state index is 10.5. The van der Waals surface area contributed by atoms with Crippen LogP contribution in [0.2, 0.25) is 0 Å². The van der Waals surface area contributed by atoms with Crippen LogP contribution in [0.25, 0.3) is 11.1 Å². The lowest BCUT2D eigenvalue weighted by Gasteiger charge is -2.14. The number of benzene rings is 2. The second-order valence-corrected chi connectivity index (χ2v) is 5.22. The smallest absolute Gasteiger partial charge is 0.341 e. The van der Waals surface area contributed by atoms with Crippen molar-refractivity contribution in [2.24, 2.45) is 0 Å². The lowest BCUT2D eigenvalue weighted by Crippen LogP contribution is -2.09. The van der Waals surface area contributed by atoms with Gasteiger partial charge in [-0.2, -0.15) is 0 Å². The van der Waals surface area contributed by atoms with Gasteiger partial charge in [-0.05, 0) is 60.4 Å². The molecule has 0 saturated heterocycles. The molecule has 0 aliphatic heterocycles. The van der Waals surface area contributed by atoms with Crippen LogP contribution >= 0.6 is 0 Å². The van der Waals surface area contributed by atoms with Crippen molar-refractivity contribution in [2.75, 3.05) is 19.8 Å². The number of aliphatic carboxylic acids is 1. The summed E-state index contributed by atoms with van der Waals surface area (Å²) in [6.45, 7) is 3.84. The van der Waals surface area contributed by atoms with E-state index in [1.54, 1.807) is 12.1 Å². The lowest BCUT2D eigenvalue weighted by molar-refractivity contribution is -0.139. The average molecular weight is 316 g/mol. The first-order valence-corrected chi connectivity index (χ1v) is 7.31. The summed E-state index contributed by atoms with van der Waals surface area (Å²) in [4.78, 5) is 10.5. The van der Waals surface area contributed by atoms with Crippen LogP contribution in [0.5, 0.6) is 11.5 Å². The maximum Gasteiger partial charge on any atom is 0.341 e. The third-order valence-electron chi connectivity index (χ3n) is 3.35. The number of aryl methyl sites for hydroxylation is 2. The maximum atomic E-state index is 10.5. The zero-order chi connectivity index (χ0) is 16.8. The number of aliphatic hydroxyl groups is 1. The number of hydrogen-bond acceptors (Lipinski definition) is 4. The van der Waals surface area contributed by atoms with Gasteiger partial charge in [-0.15, -0.1) is 0 Å². The van der Waals surface area contributed by atoms with Crippen LogP contribution in [-0.2, 0) is 4.79 Å². The first-order chi connectivity index (χ1) is 11.0. The van der Waals surface area contributed by atoms with Gasteiger partial charge in [0.1, 0.15) is 18.1 Å². The van der Waals surface area contributed by atoms with Gasteiger partial charge in [0.15, 0.2) is 6.61 Å². The summed E-state index contributed by atoms with van der Waals surface area (Å²) in [6.07, 6.45) is 0.